The maximum atomic E-state index is 12.1. The van der Waals surface area contributed by atoms with E-state index in [0.717, 1.165) is 26.9 Å². The molecule has 2 aromatic rings. The van der Waals surface area contributed by atoms with E-state index in [2.05, 4.69) is 21.2 Å². The van der Waals surface area contributed by atoms with Gasteiger partial charge >= 0.3 is 6.09 Å². The number of nitrogens with one attached hydrogen (secondary N) is 1. The molecule has 1 amide bonds. The fraction of sp³-hybridized carbons (Fsp3) is 0.316. The largest absolute Gasteiger partial charge is 0.483 e. The third kappa shape index (κ3) is 4.50. The summed E-state index contributed by atoms with van der Waals surface area (Å²) in [5, 5.41) is 2.77. The second kappa shape index (κ2) is 7.30. The van der Waals surface area contributed by atoms with Crippen molar-refractivity contribution >= 4 is 33.8 Å². The summed E-state index contributed by atoms with van der Waals surface area (Å²) >= 11 is 5.00. The molecule has 6 heteroatoms. The predicted octanol–water partition coefficient (Wildman–Crippen LogP) is 5.31. The number of hydrogen-bond acceptors (Lipinski definition) is 4. The van der Waals surface area contributed by atoms with Gasteiger partial charge in [-0.15, -0.1) is 11.8 Å². The molecule has 0 bridgehead atoms. The molecule has 2 aromatic carbocycles. The molecular weight excluding hydrogens is 402 g/mol. The molecule has 0 saturated heterocycles. The number of ether oxygens (including phenoxy) is 2. The standard InChI is InChI=1S/C19H20BrNO3S/c1-12-9-14(20)7-8-16(12)25-11-21-18(22)23-15-6-4-5-13-10-19(2,3)24-17(13)15/h4-9H,10-11H2,1-3H3,(H,21,22). The summed E-state index contributed by atoms with van der Waals surface area (Å²) in [5.41, 5.74) is 1.95. The Kier molecular flexibility index (Phi) is 5.29. The Morgan fingerprint density at radius 2 is 2.16 bits per heavy atom. The first-order valence-corrected chi connectivity index (χ1v) is 9.77. The molecule has 3 rings (SSSR count). The van der Waals surface area contributed by atoms with Gasteiger partial charge in [0.2, 0.25) is 0 Å². The SMILES string of the molecule is Cc1cc(Br)ccc1SCNC(=O)Oc1cccc2c1OC(C)(C)C2. The van der Waals surface area contributed by atoms with Crippen LogP contribution in [0.25, 0.3) is 0 Å². The van der Waals surface area contributed by atoms with Gasteiger partial charge < -0.3 is 14.8 Å². The Bertz CT molecular complexity index is 807. The number of carbonyl (C=O) groups excluding carboxylic acids is 1. The first kappa shape index (κ1) is 18.1. The highest BCUT2D eigenvalue weighted by Gasteiger charge is 2.32. The van der Waals surface area contributed by atoms with Crippen LogP contribution in [0.5, 0.6) is 11.5 Å². The highest BCUT2D eigenvalue weighted by Crippen LogP contribution is 2.41. The molecule has 0 saturated carbocycles. The predicted molar refractivity (Wildman–Crippen MR) is 104 cm³/mol. The molecule has 1 aliphatic rings. The van der Waals surface area contributed by atoms with E-state index < -0.39 is 6.09 Å². The van der Waals surface area contributed by atoms with Gasteiger partial charge in [0.05, 0.1) is 5.88 Å². The van der Waals surface area contributed by atoms with E-state index >= 15 is 0 Å². The van der Waals surface area contributed by atoms with Gasteiger partial charge in [0.15, 0.2) is 11.5 Å². The van der Waals surface area contributed by atoms with E-state index in [0.29, 0.717) is 17.4 Å². The second-order valence-corrected chi connectivity index (χ2v) is 8.48. The average Bonchev–Trinajstić information content (AvgIpc) is 2.84. The van der Waals surface area contributed by atoms with Crippen LogP contribution in [0.2, 0.25) is 0 Å². The van der Waals surface area contributed by atoms with Gasteiger partial charge in [-0.1, -0.05) is 28.1 Å². The quantitative estimate of drug-likeness (QED) is 0.536. The van der Waals surface area contributed by atoms with Crippen LogP contribution in [0.1, 0.15) is 25.0 Å². The lowest BCUT2D eigenvalue weighted by Crippen LogP contribution is -2.27. The third-order valence-corrected chi connectivity index (χ3v) is 5.39. The van der Waals surface area contributed by atoms with Gasteiger partial charge in [-0.2, -0.15) is 0 Å². The topological polar surface area (TPSA) is 47.6 Å². The first-order chi connectivity index (χ1) is 11.8. The number of amides is 1. The minimum atomic E-state index is -0.482. The molecule has 1 aliphatic heterocycles. The highest BCUT2D eigenvalue weighted by molar-refractivity contribution is 9.10. The minimum absolute atomic E-state index is 0.271. The Morgan fingerprint density at radius 1 is 1.36 bits per heavy atom. The van der Waals surface area contributed by atoms with Crippen molar-refractivity contribution in [1.29, 1.82) is 0 Å². The summed E-state index contributed by atoms with van der Waals surface area (Å²) in [6.45, 7) is 6.08. The smallest absolute Gasteiger partial charge is 0.413 e. The van der Waals surface area contributed by atoms with Crippen molar-refractivity contribution in [3.05, 3.63) is 52.0 Å². The second-order valence-electron chi connectivity index (χ2n) is 6.55. The van der Waals surface area contributed by atoms with Crippen LogP contribution in [0.4, 0.5) is 4.79 Å². The lowest BCUT2D eigenvalue weighted by atomic mass is 10.0. The number of carbonyl (C=O) groups is 1. The molecule has 0 spiro atoms. The fourth-order valence-electron chi connectivity index (χ4n) is 2.75. The number of benzene rings is 2. The monoisotopic (exact) mass is 421 g/mol. The summed E-state index contributed by atoms with van der Waals surface area (Å²) in [6.07, 6.45) is 0.323. The Balaban J connectivity index is 1.57. The van der Waals surface area contributed by atoms with Crippen LogP contribution in [-0.4, -0.2) is 17.6 Å². The summed E-state index contributed by atoms with van der Waals surface area (Å²) in [4.78, 5) is 13.2. The van der Waals surface area contributed by atoms with Gasteiger partial charge in [0.25, 0.3) is 0 Å². The summed E-state index contributed by atoms with van der Waals surface area (Å²) < 4.78 is 12.4. The minimum Gasteiger partial charge on any atom is -0.483 e. The van der Waals surface area contributed by atoms with Crippen molar-refractivity contribution < 1.29 is 14.3 Å². The molecule has 1 N–H and O–H groups in total. The molecular formula is C19H20BrNO3S. The van der Waals surface area contributed by atoms with Crippen molar-refractivity contribution in [2.24, 2.45) is 0 Å². The van der Waals surface area contributed by atoms with Crippen molar-refractivity contribution in [2.45, 2.75) is 37.7 Å². The molecule has 0 aliphatic carbocycles. The fourth-order valence-corrected chi connectivity index (χ4v) is 4.02. The molecule has 132 valence electrons. The molecule has 4 nitrogen and oxygen atoms in total. The zero-order chi connectivity index (χ0) is 18.0. The number of aryl methyl sites for hydroxylation is 1. The summed E-state index contributed by atoms with van der Waals surface area (Å²) in [6, 6.07) is 11.7. The van der Waals surface area contributed by atoms with E-state index in [-0.39, 0.29) is 5.60 Å². The summed E-state index contributed by atoms with van der Waals surface area (Å²) in [7, 11) is 0. The van der Waals surface area contributed by atoms with E-state index in [9.17, 15) is 4.79 Å². The Labute approximate surface area is 160 Å². The van der Waals surface area contributed by atoms with Crippen molar-refractivity contribution in [2.75, 3.05) is 5.88 Å². The first-order valence-electron chi connectivity index (χ1n) is 8.00. The average molecular weight is 422 g/mol. The Morgan fingerprint density at radius 3 is 2.92 bits per heavy atom. The van der Waals surface area contributed by atoms with Crippen LogP contribution in [0.15, 0.2) is 45.8 Å². The van der Waals surface area contributed by atoms with Gasteiger partial charge in [-0.25, -0.2) is 4.79 Å². The Hall–Kier alpha value is -1.66. The number of rotatable bonds is 4. The summed E-state index contributed by atoms with van der Waals surface area (Å²) in [5.74, 6) is 1.56. The number of para-hydroxylation sites is 1. The van der Waals surface area contributed by atoms with Crippen LogP contribution < -0.4 is 14.8 Å². The molecule has 0 aromatic heterocycles. The normalized spacial score (nSPS) is 14.6. The van der Waals surface area contributed by atoms with Crippen molar-refractivity contribution in [3.63, 3.8) is 0 Å². The molecule has 0 radical (unpaired) electrons. The molecule has 25 heavy (non-hydrogen) atoms. The lowest BCUT2D eigenvalue weighted by molar-refractivity contribution is 0.133. The number of hydrogen-bond donors (Lipinski definition) is 1. The van der Waals surface area contributed by atoms with Gasteiger partial charge in [0, 0.05) is 21.4 Å². The molecule has 0 atom stereocenters. The lowest BCUT2D eigenvalue weighted by Gasteiger charge is -2.18. The van der Waals surface area contributed by atoms with Crippen LogP contribution in [-0.2, 0) is 6.42 Å². The van der Waals surface area contributed by atoms with Crippen molar-refractivity contribution in [1.82, 2.24) is 5.32 Å². The van der Waals surface area contributed by atoms with Gasteiger partial charge in [-0.3, -0.25) is 0 Å². The van der Waals surface area contributed by atoms with E-state index in [1.54, 1.807) is 17.8 Å². The van der Waals surface area contributed by atoms with E-state index in [1.807, 2.05) is 51.1 Å². The van der Waals surface area contributed by atoms with Gasteiger partial charge in [-0.05, 0) is 50.6 Å². The van der Waals surface area contributed by atoms with E-state index in [4.69, 9.17) is 9.47 Å². The van der Waals surface area contributed by atoms with E-state index in [1.165, 1.54) is 0 Å². The molecule has 1 heterocycles. The van der Waals surface area contributed by atoms with Crippen molar-refractivity contribution in [3.8, 4) is 11.5 Å². The molecule has 0 fully saturated rings. The third-order valence-electron chi connectivity index (χ3n) is 3.84. The van der Waals surface area contributed by atoms with Crippen LogP contribution in [0, 0.1) is 6.92 Å². The zero-order valence-electron chi connectivity index (χ0n) is 14.4. The molecule has 0 unspecified atom stereocenters. The number of halogens is 1. The van der Waals surface area contributed by atoms with Gasteiger partial charge in [0.1, 0.15) is 5.60 Å². The highest BCUT2D eigenvalue weighted by atomic mass is 79.9. The maximum Gasteiger partial charge on any atom is 0.413 e. The van der Waals surface area contributed by atoms with Crippen LogP contribution >= 0.6 is 27.7 Å². The van der Waals surface area contributed by atoms with Crippen LogP contribution in [0.3, 0.4) is 0 Å². The number of thioether (sulfide) groups is 1. The number of fused-ring (bicyclic) bond motifs is 1. The maximum absolute atomic E-state index is 12.1. The zero-order valence-corrected chi connectivity index (χ0v) is 16.8.